The molecule has 2 unspecified atom stereocenters. The number of piperidine rings is 1. The Morgan fingerprint density at radius 1 is 1.23 bits per heavy atom. The molecule has 22 heavy (non-hydrogen) atoms. The van der Waals surface area contributed by atoms with Crippen molar-refractivity contribution < 1.29 is 4.52 Å². The molecule has 2 saturated heterocycles. The molecule has 0 radical (unpaired) electrons. The summed E-state index contributed by atoms with van der Waals surface area (Å²) < 4.78 is 5.68. The lowest BCUT2D eigenvalue weighted by atomic mass is 9.75. The quantitative estimate of drug-likeness (QED) is 0.824. The van der Waals surface area contributed by atoms with Crippen molar-refractivity contribution in [2.45, 2.75) is 50.1 Å². The number of likely N-dealkylation sites (N-methyl/N-ethyl adjacent to an activating group) is 1. The Morgan fingerprint density at radius 3 is 2.68 bits per heavy atom. The fourth-order valence-corrected chi connectivity index (χ4v) is 4.57. The first kappa shape index (κ1) is 14.3. The van der Waals surface area contributed by atoms with Gasteiger partial charge in [-0.2, -0.15) is 0 Å². The number of hydrogen-bond donors (Lipinski definition) is 0. The summed E-state index contributed by atoms with van der Waals surface area (Å²) in [5.41, 5.74) is 2.33. The van der Waals surface area contributed by atoms with Gasteiger partial charge in [-0.15, -0.1) is 0 Å². The number of nitrogens with zero attached hydrogens (tertiary/aromatic N) is 2. The van der Waals surface area contributed by atoms with Crippen molar-refractivity contribution in [3.8, 4) is 0 Å². The van der Waals surface area contributed by atoms with Crippen LogP contribution in [0.5, 0.6) is 0 Å². The van der Waals surface area contributed by atoms with Crippen molar-refractivity contribution in [1.82, 2.24) is 10.1 Å². The maximum atomic E-state index is 6.06. The van der Waals surface area contributed by atoms with Gasteiger partial charge in [0.15, 0.2) is 0 Å². The molecule has 0 saturated carbocycles. The number of halogens is 1. The molecular weight excluding hydrogens is 296 g/mol. The highest BCUT2D eigenvalue weighted by atomic mass is 35.5. The lowest BCUT2D eigenvalue weighted by Crippen LogP contribution is -2.44. The minimum Gasteiger partial charge on any atom is -0.361 e. The first-order chi connectivity index (χ1) is 10.6. The summed E-state index contributed by atoms with van der Waals surface area (Å²) >= 11 is 6.06. The zero-order valence-electron chi connectivity index (χ0n) is 13.0. The van der Waals surface area contributed by atoms with Crippen molar-refractivity contribution in [3.63, 3.8) is 0 Å². The zero-order valence-corrected chi connectivity index (χ0v) is 13.8. The van der Waals surface area contributed by atoms with Crippen LogP contribution in [0.15, 0.2) is 34.9 Å². The molecule has 2 fully saturated rings. The van der Waals surface area contributed by atoms with E-state index in [1.165, 1.54) is 24.8 Å². The lowest BCUT2D eigenvalue weighted by molar-refractivity contribution is 0.122. The molecule has 0 amide bonds. The second-order valence-corrected chi connectivity index (χ2v) is 7.19. The fraction of sp³-hybridized carbons (Fsp3) is 0.500. The van der Waals surface area contributed by atoms with E-state index in [4.69, 9.17) is 16.1 Å². The van der Waals surface area contributed by atoms with E-state index in [9.17, 15) is 0 Å². The maximum absolute atomic E-state index is 6.06. The fourth-order valence-electron chi connectivity index (χ4n) is 4.45. The van der Waals surface area contributed by atoms with Crippen molar-refractivity contribution >= 4 is 11.6 Å². The molecule has 4 heteroatoms. The van der Waals surface area contributed by atoms with Crippen LogP contribution in [0.3, 0.4) is 0 Å². The van der Waals surface area contributed by atoms with E-state index < -0.39 is 0 Å². The van der Waals surface area contributed by atoms with E-state index in [1.54, 1.807) is 0 Å². The largest absolute Gasteiger partial charge is 0.361 e. The molecule has 2 aliphatic rings. The summed E-state index contributed by atoms with van der Waals surface area (Å²) in [5.74, 6) is 1.90. The SMILES string of the molecule is Cc1cc(C2C3CC[C@H](C[C@@H]2c2ccc(Cl)cc2)N3C)on1. The number of benzene rings is 1. The van der Waals surface area contributed by atoms with E-state index in [0.29, 0.717) is 23.9 Å². The Morgan fingerprint density at radius 2 is 2.00 bits per heavy atom. The van der Waals surface area contributed by atoms with Gasteiger partial charge in [-0.05, 0) is 56.8 Å². The van der Waals surface area contributed by atoms with Gasteiger partial charge in [-0.1, -0.05) is 28.9 Å². The topological polar surface area (TPSA) is 29.3 Å². The van der Waals surface area contributed by atoms with Crippen molar-refractivity contribution in [1.29, 1.82) is 0 Å². The van der Waals surface area contributed by atoms with Crippen LogP contribution in [0.1, 0.15) is 48.1 Å². The normalized spacial score (nSPS) is 31.6. The van der Waals surface area contributed by atoms with Crippen LogP contribution in [0.2, 0.25) is 5.02 Å². The van der Waals surface area contributed by atoms with Gasteiger partial charge in [0, 0.05) is 29.1 Å². The van der Waals surface area contributed by atoms with Crippen molar-refractivity contribution in [2.24, 2.45) is 0 Å². The van der Waals surface area contributed by atoms with Crippen molar-refractivity contribution in [3.05, 3.63) is 52.4 Å². The van der Waals surface area contributed by atoms with Crippen LogP contribution >= 0.6 is 11.6 Å². The number of aryl methyl sites for hydroxylation is 1. The van der Waals surface area contributed by atoms with Crippen LogP contribution in [0.4, 0.5) is 0 Å². The summed E-state index contributed by atoms with van der Waals surface area (Å²) in [4.78, 5) is 2.55. The highest BCUT2D eigenvalue weighted by Crippen LogP contribution is 2.50. The third-order valence-corrected chi connectivity index (χ3v) is 5.79. The highest BCUT2D eigenvalue weighted by Gasteiger charge is 2.47. The van der Waals surface area contributed by atoms with Crippen LogP contribution in [0, 0.1) is 6.92 Å². The molecule has 1 aromatic heterocycles. The molecule has 2 aliphatic heterocycles. The summed E-state index contributed by atoms with van der Waals surface area (Å²) in [6.45, 7) is 1.99. The molecule has 2 aromatic rings. The molecule has 1 aromatic carbocycles. The average Bonchev–Trinajstić information content (AvgIpc) is 3.02. The van der Waals surface area contributed by atoms with Gasteiger partial charge in [0.05, 0.1) is 5.69 Å². The highest BCUT2D eigenvalue weighted by molar-refractivity contribution is 6.30. The second-order valence-electron chi connectivity index (χ2n) is 6.75. The van der Waals surface area contributed by atoms with Gasteiger partial charge in [0.25, 0.3) is 0 Å². The summed E-state index contributed by atoms with van der Waals surface area (Å²) in [5, 5.41) is 4.92. The average molecular weight is 317 g/mol. The molecule has 0 aliphatic carbocycles. The Labute approximate surface area is 136 Å². The van der Waals surface area contributed by atoms with E-state index in [-0.39, 0.29) is 0 Å². The third-order valence-electron chi connectivity index (χ3n) is 5.54. The molecule has 0 spiro atoms. The van der Waals surface area contributed by atoms with Crippen LogP contribution in [-0.4, -0.2) is 29.2 Å². The minimum absolute atomic E-state index is 0.381. The molecule has 0 N–H and O–H groups in total. The van der Waals surface area contributed by atoms with Crippen LogP contribution in [-0.2, 0) is 0 Å². The molecule has 4 atom stereocenters. The Kier molecular flexibility index (Phi) is 3.50. The summed E-state index contributed by atoms with van der Waals surface area (Å²) in [7, 11) is 2.26. The Balaban J connectivity index is 1.76. The van der Waals surface area contributed by atoms with Gasteiger partial charge in [-0.25, -0.2) is 0 Å². The van der Waals surface area contributed by atoms with E-state index in [2.05, 4.69) is 35.3 Å². The lowest BCUT2D eigenvalue weighted by Gasteiger charge is -2.42. The smallest absolute Gasteiger partial charge is 0.142 e. The number of rotatable bonds is 2. The molecule has 4 rings (SSSR count). The van der Waals surface area contributed by atoms with Gasteiger partial charge >= 0.3 is 0 Å². The van der Waals surface area contributed by atoms with Crippen LogP contribution in [0.25, 0.3) is 0 Å². The molecule has 3 nitrogen and oxygen atoms in total. The Bertz CT molecular complexity index is 666. The van der Waals surface area contributed by atoms with E-state index in [1.807, 2.05) is 19.1 Å². The predicted molar refractivity (Wildman–Crippen MR) is 87.4 cm³/mol. The standard InChI is InChI=1S/C18H21ClN2O/c1-11-9-17(22-20-11)18-15(12-3-5-13(19)6-4-12)10-14-7-8-16(18)21(14)2/h3-6,9,14-16,18H,7-8,10H2,1-2H3/t14-,15-,16?,18?/m1/s1. The number of aromatic nitrogens is 1. The summed E-state index contributed by atoms with van der Waals surface area (Å²) in [6, 6.07) is 11.7. The molecule has 2 bridgehead atoms. The summed E-state index contributed by atoms with van der Waals surface area (Å²) in [6.07, 6.45) is 3.71. The second kappa shape index (κ2) is 5.39. The molecule has 3 heterocycles. The maximum Gasteiger partial charge on any atom is 0.142 e. The predicted octanol–water partition coefficient (Wildman–Crippen LogP) is 4.37. The number of fused-ring (bicyclic) bond motifs is 2. The molecular formula is C18H21ClN2O. The minimum atomic E-state index is 0.381. The Hall–Kier alpha value is -1.32. The first-order valence-corrected chi connectivity index (χ1v) is 8.42. The van der Waals surface area contributed by atoms with Gasteiger partial charge in [0.2, 0.25) is 0 Å². The molecule has 116 valence electrons. The van der Waals surface area contributed by atoms with E-state index in [0.717, 1.165) is 16.5 Å². The van der Waals surface area contributed by atoms with Crippen molar-refractivity contribution in [2.75, 3.05) is 7.05 Å². The number of hydrogen-bond acceptors (Lipinski definition) is 3. The van der Waals surface area contributed by atoms with E-state index >= 15 is 0 Å². The van der Waals surface area contributed by atoms with Gasteiger partial charge in [0.1, 0.15) is 5.76 Å². The van der Waals surface area contributed by atoms with Gasteiger partial charge in [-0.3, -0.25) is 4.90 Å². The zero-order chi connectivity index (χ0) is 15.3. The third kappa shape index (κ3) is 2.27. The van der Waals surface area contributed by atoms with Crippen LogP contribution < -0.4 is 0 Å². The van der Waals surface area contributed by atoms with Gasteiger partial charge < -0.3 is 4.52 Å². The monoisotopic (exact) mass is 316 g/mol. The first-order valence-electron chi connectivity index (χ1n) is 8.04.